The van der Waals surface area contributed by atoms with Crippen molar-refractivity contribution in [1.82, 2.24) is 5.32 Å². The van der Waals surface area contributed by atoms with E-state index in [9.17, 15) is 9.59 Å². The van der Waals surface area contributed by atoms with Gasteiger partial charge in [-0.2, -0.15) is 0 Å². The SMILES string of the molecule is CC[C@@H](C)[C@H](NC=O)C(=O)O. The molecule has 0 unspecified atom stereocenters. The Hall–Kier alpha value is -1.06. The largest absolute Gasteiger partial charge is 0.480 e. The van der Waals surface area contributed by atoms with Crippen molar-refractivity contribution < 1.29 is 14.7 Å². The van der Waals surface area contributed by atoms with Crippen LogP contribution in [0.25, 0.3) is 0 Å². The number of carbonyl (C=O) groups excluding carboxylic acids is 1. The van der Waals surface area contributed by atoms with Gasteiger partial charge < -0.3 is 10.4 Å². The topological polar surface area (TPSA) is 66.4 Å². The van der Waals surface area contributed by atoms with E-state index in [1.165, 1.54) is 0 Å². The van der Waals surface area contributed by atoms with Crippen molar-refractivity contribution in [2.45, 2.75) is 26.3 Å². The van der Waals surface area contributed by atoms with Gasteiger partial charge in [-0.25, -0.2) is 4.79 Å². The van der Waals surface area contributed by atoms with E-state index < -0.39 is 12.0 Å². The number of hydrogen-bond donors (Lipinski definition) is 2. The van der Waals surface area contributed by atoms with Gasteiger partial charge in [0.1, 0.15) is 6.04 Å². The van der Waals surface area contributed by atoms with Crippen LogP contribution in [0, 0.1) is 5.92 Å². The molecule has 0 aliphatic carbocycles. The molecule has 11 heavy (non-hydrogen) atoms. The lowest BCUT2D eigenvalue weighted by Crippen LogP contribution is -2.40. The summed E-state index contributed by atoms with van der Waals surface area (Å²) < 4.78 is 0. The normalized spacial score (nSPS) is 15.1. The van der Waals surface area contributed by atoms with Gasteiger partial charge in [0, 0.05) is 0 Å². The third kappa shape index (κ3) is 3.02. The van der Waals surface area contributed by atoms with Crippen LogP contribution in [0.3, 0.4) is 0 Å². The van der Waals surface area contributed by atoms with Gasteiger partial charge in [0.2, 0.25) is 6.41 Å². The molecule has 0 saturated carbocycles. The lowest BCUT2D eigenvalue weighted by Gasteiger charge is -2.16. The van der Waals surface area contributed by atoms with Crippen LogP contribution < -0.4 is 5.32 Å². The zero-order valence-electron chi connectivity index (χ0n) is 6.70. The third-order valence-electron chi connectivity index (χ3n) is 1.73. The minimum Gasteiger partial charge on any atom is -0.480 e. The van der Waals surface area contributed by atoms with E-state index in [1.54, 1.807) is 6.92 Å². The van der Waals surface area contributed by atoms with Crippen LogP contribution in [0.1, 0.15) is 20.3 Å². The zero-order valence-corrected chi connectivity index (χ0v) is 6.70. The summed E-state index contributed by atoms with van der Waals surface area (Å²) in [6.07, 6.45) is 1.16. The molecule has 0 aliphatic heterocycles. The Morgan fingerprint density at radius 1 is 1.73 bits per heavy atom. The maximum absolute atomic E-state index is 10.5. The average Bonchev–Trinajstić information content (AvgIpc) is 1.98. The molecule has 0 saturated heterocycles. The van der Waals surface area contributed by atoms with E-state index in [-0.39, 0.29) is 5.92 Å². The summed E-state index contributed by atoms with van der Waals surface area (Å²) in [4.78, 5) is 20.4. The highest BCUT2D eigenvalue weighted by Gasteiger charge is 2.21. The Morgan fingerprint density at radius 3 is 2.55 bits per heavy atom. The minimum absolute atomic E-state index is 0.0299. The molecule has 0 bridgehead atoms. The third-order valence-corrected chi connectivity index (χ3v) is 1.73. The van der Waals surface area contributed by atoms with Crippen molar-refractivity contribution in [3.8, 4) is 0 Å². The molecular formula is C7H13NO3. The van der Waals surface area contributed by atoms with Crippen LogP contribution >= 0.6 is 0 Å². The highest BCUT2D eigenvalue weighted by atomic mass is 16.4. The predicted molar refractivity (Wildman–Crippen MR) is 40.1 cm³/mol. The molecule has 0 radical (unpaired) electrons. The quantitative estimate of drug-likeness (QED) is 0.564. The maximum Gasteiger partial charge on any atom is 0.326 e. The van der Waals surface area contributed by atoms with Crippen molar-refractivity contribution in [3.63, 3.8) is 0 Å². The molecule has 64 valence electrons. The summed E-state index contributed by atoms with van der Waals surface area (Å²) in [5.74, 6) is -1.01. The molecule has 0 rings (SSSR count). The van der Waals surface area contributed by atoms with Gasteiger partial charge in [0.05, 0.1) is 0 Å². The van der Waals surface area contributed by atoms with Gasteiger partial charge in [-0.05, 0) is 5.92 Å². The number of hydrogen-bond acceptors (Lipinski definition) is 2. The molecule has 0 aromatic carbocycles. The fraction of sp³-hybridized carbons (Fsp3) is 0.714. The highest BCUT2D eigenvalue weighted by molar-refractivity contribution is 5.76. The van der Waals surface area contributed by atoms with Crippen LogP contribution in [0.4, 0.5) is 0 Å². The smallest absolute Gasteiger partial charge is 0.326 e. The molecule has 0 spiro atoms. The second-order valence-electron chi connectivity index (χ2n) is 2.49. The number of aliphatic carboxylic acids is 1. The standard InChI is InChI=1S/C7H13NO3/c1-3-5(2)6(7(10)11)8-4-9/h4-6H,3H2,1-2H3,(H,8,9)(H,10,11)/t5-,6+/m1/s1. The first-order valence-electron chi connectivity index (χ1n) is 3.56. The van der Waals surface area contributed by atoms with Crippen LogP contribution in [0.2, 0.25) is 0 Å². The van der Waals surface area contributed by atoms with Gasteiger partial charge in [-0.15, -0.1) is 0 Å². The molecule has 0 aromatic rings. The molecular weight excluding hydrogens is 146 g/mol. The minimum atomic E-state index is -0.980. The number of nitrogens with one attached hydrogen (secondary N) is 1. The first kappa shape index (κ1) is 9.94. The number of carboxylic acids is 1. The maximum atomic E-state index is 10.5. The number of rotatable bonds is 5. The summed E-state index contributed by atoms with van der Waals surface area (Å²) in [6, 6.07) is -0.752. The first-order valence-corrected chi connectivity index (χ1v) is 3.56. The van der Waals surface area contributed by atoms with Gasteiger partial charge >= 0.3 is 5.97 Å². The van der Waals surface area contributed by atoms with E-state index >= 15 is 0 Å². The van der Waals surface area contributed by atoms with Gasteiger partial charge in [-0.3, -0.25) is 4.79 Å². The van der Waals surface area contributed by atoms with Gasteiger partial charge in [0.15, 0.2) is 0 Å². The van der Waals surface area contributed by atoms with Crippen molar-refractivity contribution in [3.05, 3.63) is 0 Å². The van der Waals surface area contributed by atoms with Crippen molar-refractivity contribution in [1.29, 1.82) is 0 Å². The Bertz CT molecular complexity index is 147. The van der Waals surface area contributed by atoms with E-state index in [2.05, 4.69) is 5.32 Å². The van der Waals surface area contributed by atoms with E-state index in [0.29, 0.717) is 6.41 Å². The number of carbonyl (C=O) groups is 2. The van der Waals surface area contributed by atoms with Crippen LogP contribution in [0.5, 0.6) is 0 Å². The van der Waals surface area contributed by atoms with E-state index in [4.69, 9.17) is 5.11 Å². The molecule has 0 aromatic heterocycles. The molecule has 0 fully saturated rings. The number of amides is 1. The Balaban J connectivity index is 4.08. The lowest BCUT2D eigenvalue weighted by molar-refractivity contribution is -0.142. The zero-order chi connectivity index (χ0) is 8.85. The van der Waals surface area contributed by atoms with E-state index in [1.807, 2.05) is 6.92 Å². The summed E-state index contributed by atoms with van der Waals surface area (Å²) in [5, 5.41) is 10.8. The second kappa shape index (κ2) is 4.71. The van der Waals surface area contributed by atoms with Gasteiger partial charge in [-0.1, -0.05) is 20.3 Å². The summed E-state index contributed by atoms with van der Waals surface area (Å²) >= 11 is 0. The van der Waals surface area contributed by atoms with Crippen LogP contribution in [-0.4, -0.2) is 23.5 Å². The second-order valence-corrected chi connectivity index (χ2v) is 2.49. The first-order chi connectivity index (χ1) is 5.13. The predicted octanol–water partition coefficient (Wildman–Crippen LogP) is 0.232. The summed E-state index contributed by atoms with van der Waals surface area (Å²) in [5.41, 5.74) is 0. The van der Waals surface area contributed by atoms with Crippen LogP contribution in [-0.2, 0) is 9.59 Å². The summed E-state index contributed by atoms with van der Waals surface area (Å²) in [7, 11) is 0. The molecule has 0 aliphatic rings. The van der Waals surface area contributed by atoms with E-state index in [0.717, 1.165) is 6.42 Å². The Kier molecular flexibility index (Phi) is 4.26. The molecule has 2 atom stereocenters. The highest BCUT2D eigenvalue weighted by Crippen LogP contribution is 2.06. The van der Waals surface area contributed by atoms with Crippen molar-refractivity contribution in [2.24, 2.45) is 5.92 Å². The fourth-order valence-electron chi connectivity index (χ4n) is 0.788. The van der Waals surface area contributed by atoms with Crippen molar-refractivity contribution >= 4 is 12.4 Å². The average molecular weight is 159 g/mol. The molecule has 2 N–H and O–H groups in total. The molecule has 0 heterocycles. The van der Waals surface area contributed by atoms with Crippen molar-refractivity contribution in [2.75, 3.05) is 0 Å². The van der Waals surface area contributed by atoms with Gasteiger partial charge in [0.25, 0.3) is 0 Å². The molecule has 4 nitrogen and oxygen atoms in total. The monoisotopic (exact) mass is 159 g/mol. The Morgan fingerprint density at radius 2 is 2.27 bits per heavy atom. The fourth-order valence-corrected chi connectivity index (χ4v) is 0.788. The lowest BCUT2D eigenvalue weighted by atomic mass is 10.00. The summed E-state index contributed by atoms with van der Waals surface area (Å²) in [6.45, 7) is 3.67. The molecule has 4 heteroatoms. The Labute approximate surface area is 65.6 Å². The van der Waals surface area contributed by atoms with Crippen LogP contribution in [0.15, 0.2) is 0 Å². The molecule has 1 amide bonds. The number of carboxylic acid groups (broad SMARTS) is 1.